The number of carbonyl (C=O) groups excluding carboxylic acids is 2. The molecular formula is C22H23Cl2N3O4. The number of halogens is 2. The van der Waals surface area contributed by atoms with E-state index in [-0.39, 0.29) is 17.7 Å². The Bertz CT molecular complexity index is 966. The first-order valence-electron chi connectivity index (χ1n) is 9.71. The number of rotatable bonds is 6. The van der Waals surface area contributed by atoms with Crippen molar-refractivity contribution in [3.8, 4) is 11.5 Å². The Kier molecular flexibility index (Phi) is 7.76. The van der Waals surface area contributed by atoms with Gasteiger partial charge < -0.3 is 14.4 Å². The average molecular weight is 464 g/mol. The van der Waals surface area contributed by atoms with E-state index in [9.17, 15) is 9.59 Å². The van der Waals surface area contributed by atoms with Gasteiger partial charge in [0.25, 0.3) is 5.91 Å². The Morgan fingerprint density at radius 2 is 1.71 bits per heavy atom. The summed E-state index contributed by atoms with van der Waals surface area (Å²) in [6.45, 7) is 0.951. The number of nitrogens with one attached hydrogen (secondary N) is 1. The number of carbonyl (C=O) groups is 2. The van der Waals surface area contributed by atoms with Crippen molar-refractivity contribution in [2.45, 2.75) is 12.8 Å². The van der Waals surface area contributed by atoms with Gasteiger partial charge in [0, 0.05) is 41.2 Å². The second-order valence-corrected chi connectivity index (χ2v) is 7.91. The molecule has 2 amide bonds. The minimum absolute atomic E-state index is 0.119. The molecule has 3 rings (SSSR count). The average Bonchev–Trinajstić information content (AvgIpc) is 2.79. The van der Waals surface area contributed by atoms with E-state index in [0.29, 0.717) is 58.6 Å². The van der Waals surface area contributed by atoms with Crippen molar-refractivity contribution in [2.24, 2.45) is 11.0 Å². The minimum atomic E-state index is -0.221. The van der Waals surface area contributed by atoms with Crippen molar-refractivity contribution in [1.29, 1.82) is 0 Å². The van der Waals surface area contributed by atoms with Crippen LogP contribution >= 0.6 is 23.2 Å². The normalized spacial score (nSPS) is 14.5. The molecule has 0 atom stereocenters. The fraction of sp³-hybridized carbons (Fsp3) is 0.318. The third kappa shape index (κ3) is 5.89. The summed E-state index contributed by atoms with van der Waals surface area (Å²) in [6, 6.07) is 10.1. The molecular weight excluding hydrogens is 441 g/mol. The van der Waals surface area contributed by atoms with Crippen molar-refractivity contribution in [3.63, 3.8) is 0 Å². The van der Waals surface area contributed by atoms with Gasteiger partial charge in [-0.05, 0) is 37.1 Å². The van der Waals surface area contributed by atoms with Crippen LogP contribution in [-0.4, -0.2) is 50.2 Å². The van der Waals surface area contributed by atoms with Gasteiger partial charge in [-0.3, -0.25) is 9.59 Å². The van der Waals surface area contributed by atoms with Gasteiger partial charge in [-0.1, -0.05) is 29.3 Å². The molecule has 1 N–H and O–H groups in total. The maximum atomic E-state index is 12.9. The van der Waals surface area contributed by atoms with E-state index in [0.717, 1.165) is 0 Å². The Morgan fingerprint density at radius 3 is 2.29 bits per heavy atom. The van der Waals surface area contributed by atoms with Crippen LogP contribution in [0.2, 0.25) is 10.0 Å². The van der Waals surface area contributed by atoms with Gasteiger partial charge in [0.1, 0.15) is 11.5 Å². The van der Waals surface area contributed by atoms with Crippen LogP contribution in [-0.2, 0) is 4.79 Å². The third-order valence-electron chi connectivity index (χ3n) is 5.09. The zero-order valence-electron chi connectivity index (χ0n) is 17.2. The highest BCUT2D eigenvalue weighted by Crippen LogP contribution is 2.25. The molecule has 164 valence electrons. The largest absolute Gasteiger partial charge is 0.497 e. The number of likely N-dealkylation sites (tertiary alicyclic amines) is 1. The number of amides is 2. The van der Waals surface area contributed by atoms with Crippen LogP contribution in [0.5, 0.6) is 11.5 Å². The molecule has 0 radical (unpaired) electrons. The van der Waals surface area contributed by atoms with Gasteiger partial charge in [0.05, 0.1) is 25.5 Å². The highest BCUT2D eigenvalue weighted by Gasteiger charge is 2.28. The van der Waals surface area contributed by atoms with Gasteiger partial charge in [0.15, 0.2) is 0 Å². The van der Waals surface area contributed by atoms with Crippen molar-refractivity contribution in [3.05, 3.63) is 57.6 Å². The molecule has 2 aromatic rings. The molecule has 0 saturated carbocycles. The standard InChI is InChI=1S/C22H23Cl2N3O4/c1-30-18-9-16(10-19(12-18)31-2)22(29)27-7-5-14(6-8-27)21(28)26-25-13-15-3-4-17(23)11-20(15)24/h3-4,9-14H,5-8H2,1-2H3,(H,26,28)/b25-13+. The fourth-order valence-electron chi connectivity index (χ4n) is 3.32. The summed E-state index contributed by atoms with van der Waals surface area (Å²) >= 11 is 12.0. The highest BCUT2D eigenvalue weighted by molar-refractivity contribution is 6.36. The second kappa shape index (κ2) is 10.5. The van der Waals surface area contributed by atoms with E-state index in [1.807, 2.05) is 0 Å². The molecule has 0 spiro atoms. The van der Waals surface area contributed by atoms with Crippen LogP contribution < -0.4 is 14.9 Å². The van der Waals surface area contributed by atoms with E-state index in [1.54, 1.807) is 41.3 Å². The van der Waals surface area contributed by atoms with Crippen LogP contribution in [0, 0.1) is 5.92 Å². The number of methoxy groups -OCH3 is 2. The fourth-order valence-corrected chi connectivity index (χ4v) is 3.78. The van der Waals surface area contributed by atoms with E-state index < -0.39 is 0 Å². The van der Waals surface area contributed by atoms with Crippen LogP contribution in [0.4, 0.5) is 0 Å². The minimum Gasteiger partial charge on any atom is -0.497 e. The number of benzene rings is 2. The number of hydrazone groups is 1. The van der Waals surface area contributed by atoms with Gasteiger partial charge in [-0.25, -0.2) is 5.43 Å². The molecule has 0 bridgehead atoms. The number of nitrogens with zero attached hydrogens (tertiary/aromatic N) is 2. The number of hydrogen-bond acceptors (Lipinski definition) is 5. The summed E-state index contributed by atoms with van der Waals surface area (Å²) in [5.74, 6) is 0.580. The summed E-state index contributed by atoms with van der Waals surface area (Å²) in [7, 11) is 3.08. The molecule has 0 aromatic heterocycles. The molecule has 0 aliphatic carbocycles. The zero-order valence-corrected chi connectivity index (χ0v) is 18.7. The first-order valence-corrected chi connectivity index (χ1v) is 10.5. The first kappa shape index (κ1) is 22.9. The predicted octanol–water partition coefficient (Wildman–Crippen LogP) is 4.01. The maximum Gasteiger partial charge on any atom is 0.254 e. The Morgan fingerprint density at radius 1 is 1.06 bits per heavy atom. The summed E-state index contributed by atoms with van der Waals surface area (Å²) in [5, 5.41) is 4.96. The van der Waals surface area contributed by atoms with Gasteiger partial charge in [-0.2, -0.15) is 5.10 Å². The van der Waals surface area contributed by atoms with Gasteiger partial charge in [0.2, 0.25) is 5.91 Å². The summed E-state index contributed by atoms with van der Waals surface area (Å²) in [6.07, 6.45) is 2.58. The lowest BCUT2D eigenvalue weighted by atomic mass is 9.95. The molecule has 1 heterocycles. The monoisotopic (exact) mass is 463 g/mol. The molecule has 1 aliphatic heterocycles. The molecule has 0 unspecified atom stereocenters. The Balaban J connectivity index is 1.54. The van der Waals surface area contributed by atoms with E-state index in [1.165, 1.54) is 20.4 Å². The number of hydrogen-bond donors (Lipinski definition) is 1. The lowest BCUT2D eigenvalue weighted by molar-refractivity contribution is -0.126. The quantitative estimate of drug-likeness (QED) is 0.518. The van der Waals surface area contributed by atoms with Crippen molar-refractivity contribution < 1.29 is 19.1 Å². The van der Waals surface area contributed by atoms with Gasteiger partial charge in [-0.15, -0.1) is 0 Å². The number of piperidine rings is 1. The second-order valence-electron chi connectivity index (χ2n) is 7.07. The van der Waals surface area contributed by atoms with Crippen molar-refractivity contribution >= 4 is 41.2 Å². The van der Waals surface area contributed by atoms with Crippen LogP contribution in [0.25, 0.3) is 0 Å². The Labute approximate surface area is 190 Å². The molecule has 31 heavy (non-hydrogen) atoms. The van der Waals surface area contributed by atoms with Gasteiger partial charge >= 0.3 is 0 Å². The van der Waals surface area contributed by atoms with Crippen LogP contribution in [0.3, 0.4) is 0 Å². The topological polar surface area (TPSA) is 80.2 Å². The molecule has 2 aromatic carbocycles. The molecule has 1 aliphatic rings. The van der Waals surface area contributed by atoms with Crippen LogP contribution in [0.1, 0.15) is 28.8 Å². The Hall–Kier alpha value is -2.77. The molecule has 1 saturated heterocycles. The summed E-state index contributed by atoms with van der Waals surface area (Å²) in [4.78, 5) is 27.0. The lowest BCUT2D eigenvalue weighted by Gasteiger charge is -2.31. The van der Waals surface area contributed by atoms with E-state index in [4.69, 9.17) is 32.7 Å². The van der Waals surface area contributed by atoms with Crippen LogP contribution in [0.15, 0.2) is 41.5 Å². The summed E-state index contributed by atoms with van der Waals surface area (Å²) in [5.41, 5.74) is 3.69. The van der Waals surface area contributed by atoms with Crippen molar-refractivity contribution in [1.82, 2.24) is 10.3 Å². The highest BCUT2D eigenvalue weighted by atomic mass is 35.5. The zero-order chi connectivity index (χ0) is 22.4. The summed E-state index contributed by atoms with van der Waals surface area (Å²) < 4.78 is 10.5. The lowest BCUT2D eigenvalue weighted by Crippen LogP contribution is -2.42. The van der Waals surface area contributed by atoms with Crippen molar-refractivity contribution in [2.75, 3.05) is 27.3 Å². The maximum absolute atomic E-state index is 12.9. The predicted molar refractivity (Wildman–Crippen MR) is 120 cm³/mol. The third-order valence-corrected chi connectivity index (χ3v) is 5.65. The number of ether oxygens (including phenoxy) is 2. The smallest absolute Gasteiger partial charge is 0.254 e. The molecule has 9 heteroatoms. The molecule has 1 fully saturated rings. The van der Waals surface area contributed by atoms with E-state index >= 15 is 0 Å². The molecule has 7 nitrogen and oxygen atoms in total. The van der Waals surface area contributed by atoms with E-state index in [2.05, 4.69) is 10.5 Å². The SMILES string of the molecule is COc1cc(OC)cc(C(=O)N2CCC(C(=O)N/N=C/c3ccc(Cl)cc3Cl)CC2)c1. The first-order chi connectivity index (χ1) is 14.9.